The fourth-order valence-corrected chi connectivity index (χ4v) is 2.89. The summed E-state index contributed by atoms with van der Waals surface area (Å²) in [6.45, 7) is 6.62. The van der Waals surface area contributed by atoms with E-state index in [1.54, 1.807) is 0 Å². The number of hydrogen-bond acceptors (Lipinski definition) is 2. The molecule has 2 heteroatoms. The van der Waals surface area contributed by atoms with Crippen molar-refractivity contribution in [2.24, 2.45) is 11.7 Å². The van der Waals surface area contributed by atoms with E-state index in [0.29, 0.717) is 6.04 Å². The number of aryl methyl sites for hydroxylation is 2. The zero-order valence-electron chi connectivity index (χ0n) is 12.4. The van der Waals surface area contributed by atoms with Crippen LogP contribution in [0.15, 0.2) is 18.2 Å². The van der Waals surface area contributed by atoms with E-state index >= 15 is 0 Å². The molecule has 0 unspecified atom stereocenters. The second kappa shape index (κ2) is 7.06. The Bertz CT molecular complexity index is 392. The van der Waals surface area contributed by atoms with Gasteiger partial charge in [-0.25, -0.2) is 0 Å². The minimum atomic E-state index is 0.465. The van der Waals surface area contributed by atoms with E-state index in [0.717, 1.165) is 25.4 Å². The van der Waals surface area contributed by atoms with Crippen molar-refractivity contribution in [2.75, 3.05) is 13.1 Å². The third-order valence-corrected chi connectivity index (χ3v) is 4.49. The molecule has 106 valence electrons. The van der Waals surface area contributed by atoms with E-state index in [9.17, 15) is 0 Å². The molecule has 1 fully saturated rings. The van der Waals surface area contributed by atoms with E-state index in [-0.39, 0.29) is 0 Å². The highest BCUT2D eigenvalue weighted by atomic mass is 14.9. The number of nitrogens with one attached hydrogen (secondary N) is 1. The van der Waals surface area contributed by atoms with Crippen LogP contribution in [0.5, 0.6) is 0 Å². The van der Waals surface area contributed by atoms with Crippen molar-refractivity contribution < 1.29 is 0 Å². The summed E-state index contributed by atoms with van der Waals surface area (Å²) >= 11 is 0. The predicted octanol–water partition coefficient (Wildman–Crippen LogP) is 2.95. The van der Waals surface area contributed by atoms with Crippen molar-refractivity contribution in [2.45, 2.75) is 52.0 Å². The SMILES string of the molecule is Cc1ccc(CCNCC2CCC(N)CC2)cc1C. The summed E-state index contributed by atoms with van der Waals surface area (Å²) < 4.78 is 0. The van der Waals surface area contributed by atoms with Crippen LogP contribution in [0.4, 0.5) is 0 Å². The first-order chi connectivity index (χ1) is 9.15. The van der Waals surface area contributed by atoms with Crippen LogP contribution in [0.2, 0.25) is 0 Å². The van der Waals surface area contributed by atoms with Crippen molar-refractivity contribution in [1.82, 2.24) is 5.32 Å². The molecule has 0 bridgehead atoms. The van der Waals surface area contributed by atoms with Gasteiger partial charge in [-0.2, -0.15) is 0 Å². The maximum Gasteiger partial charge on any atom is 0.00390 e. The van der Waals surface area contributed by atoms with Crippen LogP contribution in [0, 0.1) is 19.8 Å². The van der Waals surface area contributed by atoms with Gasteiger partial charge in [-0.15, -0.1) is 0 Å². The summed E-state index contributed by atoms with van der Waals surface area (Å²) in [5.74, 6) is 0.847. The molecule has 0 amide bonds. The minimum Gasteiger partial charge on any atom is -0.328 e. The summed E-state index contributed by atoms with van der Waals surface area (Å²) in [6, 6.07) is 7.26. The smallest absolute Gasteiger partial charge is 0.00390 e. The molecule has 2 nitrogen and oxygen atoms in total. The largest absolute Gasteiger partial charge is 0.328 e. The second-order valence-electron chi connectivity index (χ2n) is 6.15. The quantitative estimate of drug-likeness (QED) is 0.799. The fraction of sp³-hybridized carbons (Fsp3) is 0.647. The van der Waals surface area contributed by atoms with Gasteiger partial charge in [-0.1, -0.05) is 18.2 Å². The molecule has 1 aliphatic carbocycles. The van der Waals surface area contributed by atoms with E-state index in [1.807, 2.05) is 0 Å². The molecule has 0 saturated heterocycles. The van der Waals surface area contributed by atoms with E-state index in [1.165, 1.54) is 42.4 Å². The summed E-state index contributed by atoms with van der Waals surface area (Å²) in [4.78, 5) is 0. The molecule has 2 rings (SSSR count). The Balaban J connectivity index is 1.65. The second-order valence-corrected chi connectivity index (χ2v) is 6.15. The lowest BCUT2D eigenvalue weighted by Gasteiger charge is -2.26. The first-order valence-electron chi connectivity index (χ1n) is 7.67. The molecule has 1 aromatic carbocycles. The van der Waals surface area contributed by atoms with Gasteiger partial charge in [-0.3, -0.25) is 0 Å². The van der Waals surface area contributed by atoms with Gasteiger partial charge in [0.15, 0.2) is 0 Å². The number of benzene rings is 1. The molecule has 1 saturated carbocycles. The molecule has 19 heavy (non-hydrogen) atoms. The number of hydrogen-bond donors (Lipinski definition) is 2. The minimum absolute atomic E-state index is 0.465. The summed E-state index contributed by atoms with van der Waals surface area (Å²) in [6.07, 6.45) is 6.16. The Morgan fingerprint density at radius 1 is 1.11 bits per heavy atom. The molecule has 1 aromatic rings. The first-order valence-corrected chi connectivity index (χ1v) is 7.67. The van der Waals surface area contributed by atoms with Crippen LogP contribution < -0.4 is 11.1 Å². The molecule has 1 aliphatic rings. The van der Waals surface area contributed by atoms with Crippen molar-refractivity contribution >= 4 is 0 Å². The van der Waals surface area contributed by atoms with E-state index < -0.39 is 0 Å². The van der Waals surface area contributed by atoms with Crippen LogP contribution >= 0.6 is 0 Å². The Morgan fingerprint density at radius 2 is 1.84 bits per heavy atom. The summed E-state index contributed by atoms with van der Waals surface area (Å²) in [5, 5.41) is 3.61. The van der Waals surface area contributed by atoms with Gasteiger partial charge in [0.05, 0.1) is 0 Å². The zero-order valence-corrected chi connectivity index (χ0v) is 12.4. The highest BCUT2D eigenvalue weighted by Crippen LogP contribution is 2.22. The van der Waals surface area contributed by atoms with Gasteiger partial charge in [0.25, 0.3) is 0 Å². The maximum atomic E-state index is 5.93. The molecule has 0 aromatic heterocycles. The highest BCUT2D eigenvalue weighted by Gasteiger charge is 2.17. The molecule has 0 heterocycles. The zero-order chi connectivity index (χ0) is 13.7. The van der Waals surface area contributed by atoms with Crippen molar-refractivity contribution in [1.29, 1.82) is 0 Å². The van der Waals surface area contributed by atoms with Gasteiger partial charge in [-0.05, 0) is 81.6 Å². The Morgan fingerprint density at radius 3 is 2.53 bits per heavy atom. The highest BCUT2D eigenvalue weighted by molar-refractivity contribution is 5.29. The molecular formula is C17H28N2. The normalized spacial score (nSPS) is 23.5. The van der Waals surface area contributed by atoms with Gasteiger partial charge in [0.1, 0.15) is 0 Å². The summed E-state index contributed by atoms with van der Waals surface area (Å²) in [7, 11) is 0. The van der Waals surface area contributed by atoms with E-state index in [4.69, 9.17) is 5.73 Å². The van der Waals surface area contributed by atoms with Gasteiger partial charge in [0.2, 0.25) is 0 Å². The van der Waals surface area contributed by atoms with Crippen LogP contribution in [-0.4, -0.2) is 19.1 Å². The Kier molecular flexibility index (Phi) is 5.41. The summed E-state index contributed by atoms with van der Waals surface area (Å²) in [5.41, 5.74) is 10.2. The molecule has 0 spiro atoms. The lowest BCUT2D eigenvalue weighted by molar-refractivity contribution is 0.315. The molecular weight excluding hydrogens is 232 g/mol. The fourth-order valence-electron chi connectivity index (χ4n) is 2.89. The Labute approximate surface area is 117 Å². The lowest BCUT2D eigenvalue weighted by Crippen LogP contribution is -2.32. The average molecular weight is 260 g/mol. The van der Waals surface area contributed by atoms with Crippen molar-refractivity contribution in [3.05, 3.63) is 34.9 Å². The van der Waals surface area contributed by atoms with Crippen molar-refractivity contribution in [3.8, 4) is 0 Å². The molecule has 0 atom stereocenters. The Hall–Kier alpha value is -0.860. The van der Waals surface area contributed by atoms with E-state index in [2.05, 4.69) is 37.4 Å². The first kappa shape index (κ1) is 14.5. The van der Waals surface area contributed by atoms with Crippen LogP contribution in [0.1, 0.15) is 42.4 Å². The third kappa shape index (κ3) is 4.63. The third-order valence-electron chi connectivity index (χ3n) is 4.49. The predicted molar refractivity (Wildman–Crippen MR) is 82.4 cm³/mol. The molecule has 0 radical (unpaired) electrons. The van der Waals surface area contributed by atoms with Crippen LogP contribution in [-0.2, 0) is 6.42 Å². The lowest BCUT2D eigenvalue weighted by atomic mass is 9.86. The molecule has 0 aliphatic heterocycles. The topological polar surface area (TPSA) is 38.0 Å². The maximum absolute atomic E-state index is 5.93. The monoisotopic (exact) mass is 260 g/mol. The molecule has 3 N–H and O–H groups in total. The van der Waals surface area contributed by atoms with Crippen LogP contribution in [0.25, 0.3) is 0 Å². The van der Waals surface area contributed by atoms with Gasteiger partial charge < -0.3 is 11.1 Å². The number of nitrogens with two attached hydrogens (primary N) is 1. The number of rotatable bonds is 5. The standard InChI is InChI=1S/C17H28N2/c1-13-3-4-15(11-14(13)2)9-10-19-12-16-5-7-17(18)8-6-16/h3-4,11,16-17,19H,5-10,12,18H2,1-2H3. The van der Waals surface area contributed by atoms with Gasteiger partial charge >= 0.3 is 0 Å². The average Bonchev–Trinajstić information content (AvgIpc) is 2.41. The van der Waals surface area contributed by atoms with Gasteiger partial charge in [0, 0.05) is 6.04 Å². The van der Waals surface area contributed by atoms with Crippen LogP contribution in [0.3, 0.4) is 0 Å². The van der Waals surface area contributed by atoms with Crippen molar-refractivity contribution in [3.63, 3.8) is 0 Å².